The van der Waals surface area contributed by atoms with Gasteiger partial charge in [-0.15, -0.1) is 0 Å². The fraction of sp³-hybridized carbons (Fsp3) is 0.409. The number of aryl methyl sites for hydroxylation is 1. The van der Waals surface area contributed by atoms with Crippen molar-refractivity contribution in [2.45, 2.75) is 51.4 Å². The van der Waals surface area contributed by atoms with Crippen molar-refractivity contribution < 1.29 is 4.79 Å². The third-order valence-corrected chi connectivity index (χ3v) is 7.54. The van der Waals surface area contributed by atoms with Crippen LogP contribution in [0.3, 0.4) is 0 Å². The number of nitriles is 2. The third-order valence-electron chi connectivity index (χ3n) is 7.31. The Hall–Kier alpha value is -2.96. The van der Waals surface area contributed by atoms with E-state index >= 15 is 0 Å². The van der Waals surface area contributed by atoms with Gasteiger partial charge in [0.15, 0.2) is 11.4 Å². The highest BCUT2D eigenvalue weighted by molar-refractivity contribution is 6.30. The molecule has 7 heteroatoms. The second-order valence-corrected chi connectivity index (χ2v) is 9.05. The predicted molar refractivity (Wildman–Crippen MR) is 108 cm³/mol. The summed E-state index contributed by atoms with van der Waals surface area (Å²) in [7, 11) is 0. The Balaban J connectivity index is 1.90. The number of halogens is 1. The molecule has 6 nitrogen and oxygen atoms in total. The number of aromatic nitrogens is 2. The predicted octanol–water partition coefficient (Wildman–Crippen LogP) is 4.15. The van der Waals surface area contributed by atoms with E-state index in [0.717, 1.165) is 12.0 Å². The molecule has 0 spiro atoms. The van der Waals surface area contributed by atoms with Crippen molar-refractivity contribution in [3.8, 4) is 12.1 Å². The van der Waals surface area contributed by atoms with E-state index in [-0.39, 0.29) is 17.3 Å². The molecule has 146 valence electrons. The van der Waals surface area contributed by atoms with E-state index in [1.54, 1.807) is 18.2 Å². The largest absolute Gasteiger partial charge is 0.325 e. The van der Waals surface area contributed by atoms with Crippen LogP contribution >= 0.6 is 11.6 Å². The van der Waals surface area contributed by atoms with Gasteiger partial charge < -0.3 is 5.32 Å². The van der Waals surface area contributed by atoms with Gasteiger partial charge in [-0.3, -0.25) is 4.79 Å². The molecule has 2 aliphatic rings. The summed E-state index contributed by atoms with van der Waals surface area (Å²) in [4.78, 5) is 22.8. The topological polar surface area (TPSA) is 102 Å². The summed E-state index contributed by atoms with van der Waals surface area (Å²) in [5.74, 6) is -0.168. The van der Waals surface area contributed by atoms with Gasteiger partial charge in [0.25, 0.3) is 0 Å². The van der Waals surface area contributed by atoms with Gasteiger partial charge in [0.05, 0.1) is 16.8 Å². The zero-order valence-electron chi connectivity index (χ0n) is 16.7. The van der Waals surface area contributed by atoms with Crippen molar-refractivity contribution in [2.75, 3.05) is 5.32 Å². The molecule has 2 aliphatic carbocycles. The summed E-state index contributed by atoms with van der Waals surface area (Å²) in [6, 6.07) is 9.24. The minimum Gasteiger partial charge on any atom is -0.325 e. The average molecular weight is 406 g/mol. The maximum atomic E-state index is 13.7. The molecule has 1 saturated carbocycles. The zero-order chi connectivity index (χ0) is 21.2. The quantitative estimate of drug-likeness (QED) is 0.808. The number of amides is 1. The van der Waals surface area contributed by atoms with Crippen molar-refractivity contribution in [1.82, 2.24) is 9.97 Å². The summed E-state index contributed by atoms with van der Waals surface area (Å²) in [5.41, 5.74) is 0.873. The first-order valence-electron chi connectivity index (χ1n) is 9.43. The lowest BCUT2D eigenvalue weighted by Crippen LogP contribution is -2.48. The number of nitrogens with zero attached hydrogens (tertiary/aromatic N) is 4. The lowest BCUT2D eigenvalue weighted by Gasteiger charge is -2.39. The molecule has 4 rings (SSSR count). The van der Waals surface area contributed by atoms with Gasteiger partial charge in [-0.1, -0.05) is 32.4 Å². The fourth-order valence-electron chi connectivity index (χ4n) is 5.14. The Kier molecular flexibility index (Phi) is 4.02. The normalized spacial score (nSPS) is 25.8. The van der Waals surface area contributed by atoms with E-state index in [0.29, 0.717) is 28.5 Å². The van der Waals surface area contributed by atoms with Crippen molar-refractivity contribution >= 4 is 23.2 Å². The van der Waals surface area contributed by atoms with E-state index in [2.05, 4.69) is 36.1 Å². The van der Waals surface area contributed by atoms with E-state index < -0.39 is 16.2 Å². The number of hydrogen-bond acceptors (Lipinski definition) is 5. The van der Waals surface area contributed by atoms with Crippen molar-refractivity contribution in [3.63, 3.8) is 0 Å². The molecule has 1 N–H and O–H groups in total. The number of carbonyl (C=O) groups excluding carboxylic acids is 1. The molecule has 29 heavy (non-hydrogen) atoms. The molecule has 1 heterocycles. The van der Waals surface area contributed by atoms with Crippen LogP contribution in [0.1, 0.15) is 62.0 Å². The van der Waals surface area contributed by atoms with Crippen LogP contribution in [-0.2, 0) is 15.6 Å². The van der Waals surface area contributed by atoms with Gasteiger partial charge in [-0.2, -0.15) is 10.5 Å². The molecule has 0 radical (unpaired) electrons. The monoisotopic (exact) mass is 405 g/mol. The van der Waals surface area contributed by atoms with E-state index in [1.807, 2.05) is 19.1 Å². The number of nitrogens with one attached hydrogen (secondary N) is 1. The SMILES string of the molecule is Cc1cc(Cl)ccc1NC(=O)C12CCC(C)(c3nc(C#N)c(C#N)nc31)C2(C)C. The number of rotatable bonds is 2. The second kappa shape index (κ2) is 6.02. The van der Waals surface area contributed by atoms with Crippen molar-refractivity contribution in [2.24, 2.45) is 5.41 Å². The lowest BCUT2D eigenvalue weighted by atomic mass is 9.63. The summed E-state index contributed by atoms with van der Waals surface area (Å²) in [5, 5.41) is 22.5. The van der Waals surface area contributed by atoms with Crippen molar-refractivity contribution in [1.29, 1.82) is 10.5 Å². The zero-order valence-corrected chi connectivity index (χ0v) is 17.5. The average Bonchev–Trinajstić information content (AvgIpc) is 2.98. The van der Waals surface area contributed by atoms with Crippen LogP contribution < -0.4 is 5.32 Å². The van der Waals surface area contributed by atoms with E-state index in [1.165, 1.54) is 0 Å². The molecular weight excluding hydrogens is 386 g/mol. The van der Waals surface area contributed by atoms with Gasteiger partial charge >= 0.3 is 0 Å². The summed E-state index contributed by atoms with van der Waals surface area (Å²) < 4.78 is 0. The highest BCUT2D eigenvalue weighted by Crippen LogP contribution is 2.70. The first-order chi connectivity index (χ1) is 13.6. The Morgan fingerprint density at radius 1 is 1.10 bits per heavy atom. The summed E-state index contributed by atoms with van der Waals surface area (Å²) >= 11 is 6.05. The Labute approximate surface area is 174 Å². The Morgan fingerprint density at radius 2 is 1.72 bits per heavy atom. The maximum Gasteiger partial charge on any atom is 0.237 e. The molecule has 1 fully saturated rings. The molecule has 2 aromatic rings. The van der Waals surface area contributed by atoms with Gasteiger partial charge in [0, 0.05) is 16.1 Å². The number of anilines is 1. The lowest BCUT2D eigenvalue weighted by molar-refractivity contribution is -0.125. The fourth-order valence-corrected chi connectivity index (χ4v) is 5.36. The minimum absolute atomic E-state index is 0.0138. The molecule has 0 saturated heterocycles. The minimum atomic E-state index is -0.935. The molecule has 2 bridgehead atoms. The van der Waals surface area contributed by atoms with Crippen LogP contribution in [0.25, 0.3) is 0 Å². The van der Waals surface area contributed by atoms with Gasteiger partial charge in [-0.05, 0) is 48.9 Å². The molecular formula is C22H20ClN5O. The van der Waals surface area contributed by atoms with Crippen LogP contribution in [0.15, 0.2) is 18.2 Å². The molecule has 2 unspecified atom stereocenters. The molecule has 1 aromatic carbocycles. The summed E-state index contributed by atoms with van der Waals surface area (Å²) in [6.07, 6.45) is 1.36. The molecule has 1 aromatic heterocycles. The number of hydrogen-bond donors (Lipinski definition) is 1. The molecule has 2 atom stereocenters. The highest BCUT2D eigenvalue weighted by Gasteiger charge is 2.73. The first kappa shape index (κ1) is 19.4. The number of carbonyl (C=O) groups is 1. The Bertz CT molecular complexity index is 1160. The van der Waals surface area contributed by atoms with Crippen LogP contribution in [0.2, 0.25) is 5.02 Å². The van der Waals surface area contributed by atoms with E-state index in [9.17, 15) is 15.3 Å². The van der Waals surface area contributed by atoms with Crippen LogP contribution in [0, 0.1) is 35.0 Å². The summed E-state index contributed by atoms with van der Waals surface area (Å²) in [6.45, 7) is 8.06. The van der Waals surface area contributed by atoms with Gasteiger partial charge in [0.2, 0.25) is 5.91 Å². The first-order valence-corrected chi connectivity index (χ1v) is 9.81. The smallest absolute Gasteiger partial charge is 0.237 e. The van der Waals surface area contributed by atoms with E-state index in [4.69, 9.17) is 11.6 Å². The Morgan fingerprint density at radius 3 is 2.31 bits per heavy atom. The molecule has 1 amide bonds. The van der Waals surface area contributed by atoms with Crippen molar-refractivity contribution in [3.05, 3.63) is 51.6 Å². The third kappa shape index (κ3) is 2.24. The van der Waals surface area contributed by atoms with Crippen LogP contribution in [0.4, 0.5) is 5.69 Å². The maximum absolute atomic E-state index is 13.7. The van der Waals surface area contributed by atoms with Gasteiger partial charge in [0.1, 0.15) is 12.1 Å². The second-order valence-electron chi connectivity index (χ2n) is 8.62. The molecule has 0 aliphatic heterocycles. The van der Waals surface area contributed by atoms with Gasteiger partial charge in [-0.25, -0.2) is 9.97 Å². The highest BCUT2D eigenvalue weighted by atomic mass is 35.5. The number of benzene rings is 1. The van der Waals surface area contributed by atoms with Crippen LogP contribution in [0.5, 0.6) is 0 Å². The van der Waals surface area contributed by atoms with Crippen LogP contribution in [-0.4, -0.2) is 15.9 Å². The number of fused-ring (bicyclic) bond motifs is 5. The standard InChI is InChI=1S/C22H20ClN5O/c1-12-9-13(23)5-6-14(12)28-19(29)22-8-7-21(4,20(22,2)3)17-18(22)27-16(11-25)15(10-24)26-17/h5-6,9H,7-8H2,1-4H3,(H,28,29).